The Hall–Kier alpha value is -0.620. The van der Waals surface area contributed by atoms with Gasteiger partial charge >= 0.3 is 0 Å². The van der Waals surface area contributed by atoms with Gasteiger partial charge in [0.2, 0.25) is 5.91 Å². The van der Waals surface area contributed by atoms with Crippen molar-refractivity contribution in [2.45, 2.75) is 135 Å². The Labute approximate surface area is 186 Å². The average molecular weight is 448 g/mol. The minimum Gasteiger partial charge on any atom is -0.355 e. The number of nitrogens with one attached hydrogen (secondary N) is 1. The predicted molar refractivity (Wildman–Crippen MR) is 127 cm³/mol. The number of amides is 1. The lowest BCUT2D eigenvalue weighted by Crippen LogP contribution is -2.28. The molecule has 0 saturated heterocycles. The van der Waals surface area contributed by atoms with Crippen molar-refractivity contribution >= 4 is 16.0 Å². The van der Waals surface area contributed by atoms with Gasteiger partial charge in [0.15, 0.2) is 0 Å². The third kappa shape index (κ3) is 25.4. The molecule has 0 aliphatic rings. The molecule has 0 rings (SSSR count). The van der Waals surface area contributed by atoms with Gasteiger partial charge in [0.05, 0.1) is 5.75 Å². The van der Waals surface area contributed by atoms with E-state index in [1.165, 1.54) is 103 Å². The van der Waals surface area contributed by atoms with E-state index in [-0.39, 0.29) is 12.5 Å². The van der Waals surface area contributed by atoms with Crippen molar-refractivity contribution in [3.05, 3.63) is 0 Å². The predicted octanol–water partition coefficient (Wildman–Crippen LogP) is 6.81. The number of unbranched alkanes of at least 4 members (excludes halogenated alkanes) is 18. The molecule has 0 aliphatic heterocycles. The van der Waals surface area contributed by atoms with Gasteiger partial charge in [0.1, 0.15) is 0 Å². The van der Waals surface area contributed by atoms with Crippen molar-refractivity contribution in [2.24, 2.45) is 0 Å². The van der Waals surface area contributed by atoms with Gasteiger partial charge in [-0.1, -0.05) is 122 Å². The highest BCUT2D eigenvalue weighted by Crippen LogP contribution is 2.14. The number of hydrogen-bond acceptors (Lipinski definition) is 3. The lowest BCUT2D eigenvalue weighted by molar-refractivity contribution is -0.121. The zero-order chi connectivity index (χ0) is 22.3. The Bertz CT molecular complexity index is 480. The maximum atomic E-state index is 11.5. The first-order valence-electron chi connectivity index (χ1n) is 12.7. The monoisotopic (exact) mass is 447 g/mol. The molecule has 180 valence electrons. The van der Waals surface area contributed by atoms with Crippen molar-refractivity contribution in [3.8, 4) is 0 Å². The standard InChI is InChI=1S/C24H49NO4S/c1-2-3-4-5-6-7-8-9-10-11-12-13-14-15-16-17-18-19-20-21-24(26)25-22-23-30(27,28)29/h2-23H2,1H3,(H,25,26)(H,27,28,29). The van der Waals surface area contributed by atoms with Crippen LogP contribution in [-0.2, 0) is 14.9 Å². The zero-order valence-corrected chi connectivity index (χ0v) is 20.5. The summed E-state index contributed by atoms with van der Waals surface area (Å²) in [6.07, 6.45) is 25.6. The van der Waals surface area contributed by atoms with Gasteiger partial charge in [-0.25, -0.2) is 0 Å². The smallest absolute Gasteiger partial charge is 0.266 e. The first kappa shape index (κ1) is 29.4. The van der Waals surface area contributed by atoms with Crippen molar-refractivity contribution in [1.82, 2.24) is 5.32 Å². The van der Waals surface area contributed by atoms with Crippen molar-refractivity contribution in [2.75, 3.05) is 12.3 Å². The molecule has 0 spiro atoms. The molecule has 0 aliphatic carbocycles. The summed E-state index contributed by atoms with van der Waals surface area (Å²) >= 11 is 0. The molecule has 6 heteroatoms. The van der Waals surface area contributed by atoms with Gasteiger partial charge in [0, 0.05) is 13.0 Å². The largest absolute Gasteiger partial charge is 0.355 e. The molecule has 0 aromatic rings. The normalized spacial score (nSPS) is 11.7. The fraction of sp³-hybridized carbons (Fsp3) is 0.958. The summed E-state index contributed by atoms with van der Waals surface area (Å²) in [5.41, 5.74) is 0. The van der Waals surface area contributed by atoms with E-state index >= 15 is 0 Å². The number of carbonyl (C=O) groups excluding carboxylic acids is 1. The number of carbonyl (C=O) groups is 1. The van der Waals surface area contributed by atoms with Crippen LogP contribution in [0, 0.1) is 0 Å². The van der Waals surface area contributed by atoms with Crippen molar-refractivity contribution in [1.29, 1.82) is 0 Å². The molecule has 30 heavy (non-hydrogen) atoms. The van der Waals surface area contributed by atoms with E-state index in [2.05, 4.69) is 12.2 Å². The van der Waals surface area contributed by atoms with Gasteiger partial charge < -0.3 is 5.32 Å². The molecular formula is C24H49NO4S. The molecule has 1 amide bonds. The SMILES string of the molecule is CCCCCCCCCCCCCCCCCCCCCC(=O)NCCS(=O)(=O)O. The quantitative estimate of drug-likeness (QED) is 0.133. The lowest BCUT2D eigenvalue weighted by atomic mass is 10.0. The summed E-state index contributed by atoms with van der Waals surface area (Å²) < 4.78 is 29.7. The number of hydrogen-bond donors (Lipinski definition) is 2. The van der Waals surface area contributed by atoms with Gasteiger partial charge in [-0.2, -0.15) is 8.42 Å². The lowest BCUT2D eigenvalue weighted by Gasteiger charge is -2.05. The van der Waals surface area contributed by atoms with E-state index < -0.39 is 15.9 Å². The Morgan fingerprint density at radius 2 is 0.967 bits per heavy atom. The topological polar surface area (TPSA) is 83.5 Å². The van der Waals surface area contributed by atoms with Gasteiger partial charge in [-0.05, 0) is 6.42 Å². The molecule has 0 aromatic heterocycles. The Balaban J connectivity index is 3.15. The van der Waals surface area contributed by atoms with Crippen LogP contribution in [0.3, 0.4) is 0 Å². The van der Waals surface area contributed by atoms with Gasteiger partial charge in [-0.15, -0.1) is 0 Å². The second-order valence-electron chi connectivity index (χ2n) is 8.75. The third-order valence-electron chi connectivity index (χ3n) is 5.69. The Morgan fingerprint density at radius 3 is 1.30 bits per heavy atom. The van der Waals surface area contributed by atoms with Crippen LogP contribution in [0.1, 0.15) is 135 Å². The molecule has 0 saturated carbocycles. The van der Waals surface area contributed by atoms with E-state index in [1.807, 2.05) is 0 Å². The zero-order valence-electron chi connectivity index (χ0n) is 19.6. The van der Waals surface area contributed by atoms with E-state index in [9.17, 15) is 13.2 Å². The molecule has 2 N–H and O–H groups in total. The van der Waals surface area contributed by atoms with Gasteiger partial charge in [0.25, 0.3) is 10.1 Å². The molecule has 0 heterocycles. The van der Waals surface area contributed by atoms with Crippen LogP contribution >= 0.6 is 0 Å². The van der Waals surface area contributed by atoms with Crippen LogP contribution in [0.25, 0.3) is 0 Å². The summed E-state index contributed by atoms with van der Waals surface area (Å²) in [4.78, 5) is 11.5. The summed E-state index contributed by atoms with van der Waals surface area (Å²) in [5.74, 6) is -0.552. The minimum absolute atomic E-state index is 0.0171. The molecule has 5 nitrogen and oxygen atoms in total. The second kappa shape index (κ2) is 21.6. The van der Waals surface area contributed by atoms with E-state index in [0.29, 0.717) is 6.42 Å². The molecule has 0 bridgehead atoms. The first-order chi connectivity index (χ1) is 14.5. The molecule has 0 fully saturated rings. The summed E-state index contributed by atoms with van der Waals surface area (Å²) in [6, 6.07) is 0. The molecular weight excluding hydrogens is 398 g/mol. The fourth-order valence-electron chi connectivity index (χ4n) is 3.77. The van der Waals surface area contributed by atoms with Crippen molar-refractivity contribution < 1.29 is 17.8 Å². The van der Waals surface area contributed by atoms with Gasteiger partial charge in [-0.3, -0.25) is 9.35 Å². The van der Waals surface area contributed by atoms with Crippen LogP contribution in [-0.4, -0.2) is 31.2 Å². The summed E-state index contributed by atoms with van der Waals surface area (Å²) in [5, 5.41) is 2.52. The Kier molecular flexibility index (Phi) is 21.2. The van der Waals surface area contributed by atoms with E-state index in [0.717, 1.165) is 19.3 Å². The highest BCUT2D eigenvalue weighted by Gasteiger charge is 2.06. The Morgan fingerprint density at radius 1 is 0.633 bits per heavy atom. The van der Waals surface area contributed by atoms with Crippen molar-refractivity contribution in [3.63, 3.8) is 0 Å². The second-order valence-corrected chi connectivity index (χ2v) is 10.3. The third-order valence-corrected chi connectivity index (χ3v) is 6.41. The van der Waals surface area contributed by atoms with E-state index in [1.54, 1.807) is 0 Å². The maximum absolute atomic E-state index is 11.5. The van der Waals surface area contributed by atoms with E-state index in [4.69, 9.17) is 4.55 Å². The average Bonchev–Trinajstić information content (AvgIpc) is 2.68. The van der Waals surface area contributed by atoms with Crippen LogP contribution < -0.4 is 5.32 Å². The number of rotatable bonds is 23. The molecule has 0 aromatic carbocycles. The highest BCUT2D eigenvalue weighted by molar-refractivity contribution is 7.85. The highest BCUT2D eigenvalue weighted by atomic mass is 32.2. The molecule has 0 radical (unpaired) electrons. The maximum Gasteiger partial charge on any atom is 0.266 e. The molecule has 0 atom stereocenters. The summed E-state index contributed by atoms with van der Waals surface area (Å²) in [7, 11) is -3.99. The van der Waals surface area contributed by atoms with Crippen LogP contribution in [0.4, 0.5) is 0 Å². The first-order valence-corrected chi connectivity index (χ1v) is 14.3. The minimum atomic E-state index is -3.99. The summed E-state index contributed by atoms with van der Waals surface area (Å²) in [6.45, 7) is 2.26. The fourth-order valence-corrected chi connectivity index (χ4v) is 4.13. The van der Waals surface area contributed by atoms with Crippen LogP contribution in [0.2, 0.25) is 0 Å². The van der Waals surface area contributed by atoms with Crippen LogP contribution in [0.15, 0.2) is 0 Å². The molecule has 0 unspecified atom stereocenters. The van der Waals surface area contributed by atoms with Crippen LogP contribution in [0.5, 0.6) is 0 Å².